The first-order valence-electron chi connectivity index (χ1n) is 5.89. The molecule has 98 valence electrons. The van der Waals surface area contributed by atoms with Crippen molar-refractivity contribution in [3.05, 3.63) is 48.0 Å². The highest BCUT2D eigenvalue weighted by Crippen LogP contribution is 2.18. The summed E-state index contributed by atoms with van der Waals surface area (Å²) in [4.78, 5) is 0. The van der Waals surface area contributed by atoms with Gasteiger partial charge in [0.1, 0.15) is 0 Å². The van der Waals surface area contributed by atoms with Crippen molar-refractivity contribution in [3.8, 4) is 6.07 Å². The molecule has 0 aliphatic carbocycles. The van der Waals surface area contributed by atoms with Gasteiger partial charge in [-0.1, -0.05) is 42.5 Å². The second-order valence-electron chi connectivity index (χ2n) is 4.28. The third-order valence-corrected chi connectivity index (χ3v) is 4.57. The Morgan fingerprint density at radius 1 is 1.21 bits per heavy atom. The molecule has 2 aromatic carbocycles. The molecule has 0 spiro atoms. The van der Waals surface area contributed by atoms with E-state index in [9.17, 15) is 8.42 Å². The van der Waals surface area contributed by atoms with Crippen molar-refractivity contribution in [3.63, 3.8) is 0 Å². The van der Waals surface area contributed by atoms with Crippen LogP contribution in [0.5, 0.6) is 0 Å². The van der Waals surface area contributed by atoms with Gasteiger partial charge in [-0.05, 0) is 23.3 Å². The molecule has 0 aliphatic rings. The Kier molecular flexibility index (Phi) is 3.84. The van der Waals surface area contributed by atoms with E-state index in [1.54, 1.807) is 6.07 Å². The van der Waals surface area contributed by atoms with Gasteiger partial charge in [-0.2, -0.15) is 5.26 Å². The third-order valence-electron chi connectivity index (χ3n) is 2.99. The van der Waals surface area contributed by atoms with Crippen molar-refractivity contribution in [1.82, 2.24) is 4.72 Å². The Morgan fingerprint density at radius 2 is 1.89 bits per heavy atom. The Bertz CT molecular complexity index is 727. The van der Waals surface area contributed by atoms with Gasteiger partial charge in [0.2, 0.25) is 10.0 Å². The number of sulfonamides is 1. The first-order chi connectivity index (χ1) is 9.04. The van der Waals surface area contributed by atoms with E-state index in [0.29, 0.717) is 0 Å². The summed E-state index contributed by atoms with van der Waals surface area (Å²) >= 11 is 0. The molecule has 0 amide bonds. The zero-order chi connectivity index (χ0) is 13.9. The highest BCUT2D eigenvalue weighted by molar-refractivity contribution is 7.90. The maximum Gasteiger partial charge on any atom is 0.227 e. The fourth-order valence-electron chi connectivity index (χ4n) is 1.82. The van der Waals surface area contributed by atoms with Gasteiger partial charge >= 0.3 is 0 Å². The fraction of sp³-hybridized carbons (Fsp3) is 0.214. The molecular formula is C14H14N2O2S. The standard InChI is InChI=1S/C14H14N2O2S/c1-11(9-15)19(17,18)16-10-13-7-4-6-12-5-2-3-8-14(12)13/h2-8,11,16H,10H2,1H3. The second-order valence-corrected chi connectivity index (χ2v) is 6.36. The number of fused-ring (bicyclic) bond motifs is 1. The van der Waals surface area contributed by atoms with Gasteiger partial charge < -0.3 is 0 Å². The molecule has 5 heteroatoms. The van der Waals surface area contributed by atoms with Gasteiger partial charge in [-0.3, -0.25) is 0 Å². The van der Waals surface area contributed by atoms with E-state index < -0.39 is 15.3 Å². The zero-order valence-corrected chi connectivity index (χ0v) is 11.3. The molecule has 0 saturated carbocycles. The normalized spacial score (nSPS) is 13.1. The van der Waals surface area contributed by atoms with E-state index in [1.165, 1.54) is 6.92 Å². The van der Waals surface area contributed by atoms with E-state index in [4.69, 9.17) is 5.26 Å². The van der Waals surface area contributed by atoms with Crippen LogP contribution in [-0.4, -0.2) is 13.7 Å². The Morgan fingerprint density at radius 3 is 2.63 bits per heavy atom. The number of hydrogen-bond donors (Lipinski definition) is 1. The van der Waals surface area contributed by atoms with Gasteiger partial charge in [-0.15, -0.1) is 0 Å². The molecule has 1 unspecified atom stereocenters. The Hall–Kier alpha value is -1.90. The summed E-state index contributed by atoms with van der Waals surface area (Å²) in [5, 5.41) is 9.69. The van der Waals surface area contributed by atoms with Gasteiger partial charge in [0.05, 0.1) is 6.07 Å². The lowest BCUT2D eigenvalue weighted by atomic mass is 10.1. The maximum absolute atomic E-state index is 11.7. The number of benzene rings is 2. The lowest BCUT2D eigenvalue weighted by Crippen LogP contribution is -2.31. The maximum atomic E-state index is 11.7. The van der Waals surface area contributed by atoms with Crippen LogP contribution < -0.4 is 4.72 Å². The smallest absolute Gasteiger partial charge is 0.211 e. The van der Waals surface area contributed by atoms with E-state index in [2.05, 4.69) is 4.72 Å². The van der Waals surface area contributed by atoms with Gasteiger partial charge in [0.25, 0.3) is 0 Å². The summed E-state index contributed by atoms with van der Waals surface area (Å²) in [6, 6.07) is 15.3. The molecule has 0 fully saturated rings. The summed E-state index contributed by atoms with van der Waals surface area (Å²) in [7, 11) is -3.59. The van der Waals surface area contributed by atoms with Gasteiger partial charge in [0, 0.05) is 6.54 Å². The summed E-state index contributed by atoms with van der Waals surface area (Å²) in [6.45, 7) is 1.56. The number of nitrogens with one attached hydrogen (secondary N) is 1. The molecule has 0 radical (unpaired) electrons. The summed E-state index contributed by atoms with van der Waals surface area (Å²) in [6.07, 6.45) is 0. The SMILES string of the molecule is CC(C#N)S(=O)(=O)NCc1cccc2ccccc12. The number of rotatable bonds is 4. The van der Waals surface area contributed by atoms with Crippen molar-refractivity contribution in [1.29, 1.82) is 5.26 Å². The van der Waals surface area contributed by atoms with Crippen LogP contribution in [0.3, 0.4) is 0 Å². The molecule has 19 heavy (non-hydrogen) atoms. The van der Waals surface area contributed by atoms with Crippen molar-refractivity contribution in [2.24, 2.45) is 0 Å². The minimum atomic E-state index is -3.59. The topological polar surface area (TPSA) is 70.0 Å². The van der Waals surface area contributed by atoms with E-state index in [0.717, 1.165) is 16.3 Å². The summed E-state index contributed by atoms with van der Waals surface area (Å²) < 4.78 is 25.9. The van der Waals surface area contributed by atoms with E-state index in [1.807, 2.05) is 42.5 Å². The van der Waals surface area contributed by atoms with Crippen LogP contribution >= 0.6 is 0 Å². The molecule has 1 atom stereocenters. The third kappa shape index (κ3) is 2.92. The highest BCUT2D eigenvalue weighted by Gasteiger charge is 2.19. The van der Waals surface area contributed by atoms with E-state index in [-0.39, 0.29) is 6.54 Å². The molecule has 1 N–H and O–H groups in total. The lowest BCUT2D eigenvalue weighted by Gasteiger charge is -2.10. The van der Waals surface area contributed by atoms with Crippen molar-refractivity contribution in [2.75, 3.05) is 0 Å². The molecule has 0 heterocycles. The first kappa shape index (κ1) is 13.5. The van der Waals surface area contributed by atoms with Crippen LogP contribution in [0.2, 0.25) is 0 Å². The first-order valence-corrected chi connectivity index (χ1v) is 7.44. The summed E-state index contributed by atoms with van der Waals surface area (Å²) in [5.41, 5.74) is 0.895. The molecule has 2 aromatic rings. The fourth-order valence-corrected chi connectivity index (χ4v) is 2.56. The molecule has 4 nitrogen and oxygen atoms in total. The quantitative estimate of drug-likeness (QED) is 0.929. The second kappa shape index (κ2) is 5.39. The van der Waals surface area contributed by atoms with Crippen LogP contribution in [0.25, 0.3) is 10.8 Å². The lowest BCUT2D eigenvalue weighted by molar-refractivity contribution is 0.577. The van der Waals surface area contributed by atoms with E-state index >= 15 is 0 Å². The number of nitriles is 1. The van der Waals surface area contributed by atoms with Crippen molar-refractivity contribution in [2.45, 2.75) is 18.7 Å². The Balaban J connectivity index is 2.26. The van der Waals surface area contributed by atoms with Crippen LogP contribution in [-0.2, 0) is 16.6 Å². The zero-order valence-electron chi connectivity index (χ0n) is 10.5. The van der Waals surface area contributed by atoms with Gasteiger partial charge in [0.15, 0.2) is 5.25 Å². The number of nitrogens with zero attached hydrogens (tertiary/aromatic N) is 1. The average molecular weight is 274 g/mol. The van der Waals surface area contributed by atoms with Crippen LogP contribution in [0.15, 0.2) is 42.5 Å². The van der Waals surface area contributed by atoms with Crippen LogP contribution in [0, 0.1) is 11.3 Å². The largest absolute Gasteiger partial charge is 0.227 e. The molecular weight excluding hydrogens is 260 g/mol. The van der Waals surface area contributed by atoms with Crippen molar-refractivity contribution >= 4 is 20.8 Å². The molecule has 0 aliphatic heterocycles. The molecule has 0 bridgehead atoms. The van der Waals surface area contributed by atoms with Gasteiger partial charge in [-0.25, -0.2) is 13.1 Å². The van der Waals surface area contributed by atoms with Crippen LogP contribution in [0.4, 0.5) is 0 Å². The minimum absolute atomic E-state index is 0.190. The summed E-state index contributed by atoms with van der Waals surface area (Å²) in [5.74, 6) is 0. The Labute approximate surface area is 112 Å². The highest BCUT2D eigenvalue weighted by atomic mass is 32.2. The molecule has 0 aromatic heterocycles. The minimum Gasteiger partial charge on any atom is -0.211 e. The average Bonchev–Trinajstić information content (AvgIpc) is 2.44. The monoisotopic (exact) mass is 274 g/mol. The van der Waals surface area contributed by atoms with Crippen LogP contribution in [0.1, 0.15) is 12.5 Å². The van der Waals surface area contributed by atoms with Crippen molar-refractivity contribution < 1.29 is 8.42 Å². The number of hydrogen-bond acceptors (Lipinski definition) is 3. The predicted octanol–water partition coefficient (Wildman–Crippen LogP) is 2.17. The molecule has 2 rings (SSSR count). The molecule has 0 saturated heterocycles. The predicted molar refractivity (Wildman–Crippen MR) is 74.8 cm³/mol.